The van der Waals surface area contributed by atoms with Gasteiger partial charge in [0.15, 0.2) is 0 Å². The van der Waals surface area contributed by atoms with Crippen LogP contribution < -0.4 is 10.1 Å². The van der Waals surface area contributed by atoms with E-state index >= 15 is 0 Å². The maximum Gasteiger partial charge on any atom is 0.407 e. The number of alkyl carbamates (subject to hydrolysis) is 1. The highest BCUT2D eigenvalue weighted by Crippen LogP contribution is 2.23. The van der Waals surface area contributed by atoms with Gasteiger partial charge in [0, 0.05) is 24.7 Å². The van der Waals surface area contributed by atoms with Crippen molar-refractivity contribution >= 4 is 12.0 Å². The van der Waals surface area contributed by atoms with Crippen LogP contribution in [0.2, 0.25) is 0 Å². The van der Waals surface area contributed by atoms with E-state index in [9.17, 15) is 9.59 Å². The van der Waals surface area contributed by atoms with Crippen LogP contribution in [0, 0.1) is 0 Å². The van der Waals surface area contributed by atoms with Gasteiger partial charge in [-0.25, -0.2) is 4.79 Å². The van der Waals surface area contributed by atoms with E-state index in [0.29, 0.717) is 30.5 Å². The van der Waals surface area contributed by atoms with Crippen LogP contribution in [0.3, 0.4) is 0 Å². The Kier molecular flexibility index (Phi) is 7.58. The highest BCUT2D eigenvalue weighted by atomic mass is 16.6. The lowest BCUT2D eigenvalue weighted by Crippen LogP contribution is -2.42. The quantitative estimate of drug-likeness (QED) is 0.690. The molecule has 2 saturated heterocycles. The monoisotopic (exact) mass is 417 g/mol. The topological polar surface area (TPSA) is 71.1 Å². The summed E-state index contributed by atoms with van der Waals surface area (Å²) in [6.07, 6.45) is 4.26. The lowest BCUT2D eigenvalue weighted by atomic mass is 10.1. The van der Waals surface area contributed by atoms with E-state index in [4.69, 9.17) is 9.47 Å². The van der Waals surface area contributed by atoms with Gasteiger partial charge in [-0.15, -0.1) is 0 Å². The van der Waals surface area contributed by atoms with Crippen molar-refractivity contribution in [2.45, 2.75) is 58.1 Å². The highest BCUT2D eigenvalue weighted by molar-refractivity contribution is 5.94. The van der Waals surface area contributed by atoms with Crippen LogP contribution in [-0.4, -0.2) is 72.8 Å². The van der Waals surface area contributed by atoms with Crippen LogP contribution in [0.15, 0.2) is 24.3 Å². The first-order valence-corrected chi connectivity index (χ1v) is 11.0. The minimum atomic E-state index is -0.518. The number of benzene rings is 1. The van der Waals surface area contributed by atoms with Crippen molar-refractivity contribution in [3.8, 4) is 5.75 Å². The van der Waals surface area contributed by atoms with E-state index in [1.54, 1.807) is 0 Å². The number of likely N-dealkylation sites (tertiary alicyclic amines) is 2. The fourth-order valence-electron chi connectivity index (χ4n) is 4.05. The Morgan fingerprint density at radius 1 is 1.07 bits per heavy atom. The van der Waals surface area contributed by atoms with Crippen LogP contribution in [0.1, 0.15) is 56.8 Å². The van der Waals surface area contributed by atoms with Crippen molar-refractivity contribution in [3.05, 3.63) is 29.8 Å². The molecule has 2 fully saturated rings. The van der Waals surface area contributed by atoms with E-state index < -0.39 is 11.7 Å². The fraction of sp³-hybridized carbons (Fsp3) is 0.652. The van der Waals surface area contributed by atoms with Gasteiger partial charge in [0.25, 0.3) is 5.91 Å². The third-order valence-corrected chi connectivity index (χ3v) is 5.45. The van der Waals surface area contributed by atoms with Crippen LogP contribution in [0.25, 0.3) is 0 Å². The van der Waals surface area contributed by atoms with Gasteiger partial charge in [0.2, 0.25) is 0 Å². The number of rotatable bonds is 7. The molecule has 1 aromatic rings. The molecule has 2 aliphatic rings. The van der Waals surface area contributed by atoms with E-state index in [1.165, 1.54) is 12.8 Å². The SMILES string of the molecule is CC(C)(C)OC(=O)NCCOc1ccc(C(=O)N2CCC[C@H]2CN2CCCC2)cc1. The summed E-state index contributed by atoms with van der Waals surface area (Å²) in [6, 6.07) is 7.60. The molecule has 0 saturated carbocycles. The molecule has 0 unspecified atom stereocenters. The van der Waals surface area contributed by atoms with Crippen molar-refractivity contribution in [2.24, 2.45) is 0 Å². The molecular formula is C23H35N3O4. The van der Waals surface area contributed by atoms with E-state index in [1.807, 2.05) is 49.9 Å². The molecule has 2 heterocycles. The number of hydrogen-bond donors (Lipinski definition) is 1. The number of ether oxygens (including phenoxy) is 2. The Morgan fingerprint density at radius 2 is 1.77 bits per heavy atom. The Morgan fingerprint density at radius 3 is 2.43 bits per heavy atom. The van der Waals surface area contributed by atoms with Crippen LogP contribution in [0.4, 0.5) is 4.79 Å². The summed E-state index contributed by atoms with van der Waals surface area (Å²) in [7, 11) is 0. The summed E-state index contributed by atoms with van der Waals surface area (Å²) in [6.45, 7) is 10.3. The molecule has 0 spiro atoms. The van der Waals surface area contributed by atoms with Crippen LogP contribution in [-0.2, 0) is 4.74 Å². The predicted molar refractivity (Wildman–Crippen MR) is 116 cm³/mol. The summed E-state index contributed by atoms with van der Waals surface area (Å²) in [5, 5.41) is 2.66. The maximum absolute atomic E-state index is 13.0. The molecule has 0 aliphatic carbocycles. The second kappa shape index (κ2) is 10.2. The zero-order valence-corrected chi connectivity index (χ0v) is 18.5. The molecular weight excluding hydrogens is 382 g/mol. The second-order valence-electron chi connectivity index (χ2n) is 9.10. The van der Waals surface area contributed by atoms with E-state index in [-0.39, 0.29) is 5.91 Å². The molecule has 0 aromatic heterocycles. The molecule has 1 N–H and O–H groups in total. The van der Waals surface area contributed by atoms with Gasteiger partial charge in [-0.3, -0.25) is 4.79 Å². The Hall–Kier alpha value is -2.28. The summed E-state index contributed by atoms with van der Waals surface area (Å²) < 4.78 is 10.8. The average Bonchev–Trinajstić information content (AvgIpc) is 3.36. The minimum absolute atomic E-state index is 0.106. The van der Waals surface area contributed by atoms with Gasteiger partial charge in [0.05, 0.1) is 6.54 Å². The lowest BCUT2D eigenvalue weighted by molar-refractivity contribution is 0.0519. The lowest BCUT2D eigenvalue weighted by Gasteiger charge is -2.28. The van der Waals surface area contributed by atoms with Gasteiger partial charge >= 0.3 is 6.09 Å². The molecule has 2 amide bonds. The molecule has 3 rings (SSSR count). The molecule has 2 aliphatic heterocycles. The third-order valence-electron chi connectivity index (χ3n) is 5.45. The summed E-state index contributed by atoms with van der Waals surface area (Å²) in [5.41, 5.74) is 0.179. The number of carbonyl (C=O) groups excluding carboxylic acids is 2. The van der Waals surface area contributed by atoms with Crippen molar-refractivity contribution in [1.82, 2.24) is 15.1 Å². The van der Waals surface area contributed by atoms with E-state index in [2.05, 4.69) is 10.2 Å². The molecule has 1 atom stereocenters. The average molecular weight is 418 g/mol. The summed E-state index contributed by atoms with van der Waals surface area (Å²) in [4.78, 5) is 29.1. The van der Waals surface area contributed by atoms with Crippen molar-refractivity contribution in [1.29, 1.82) is 0 Å². The predicted octanol–water partition coefficient (Wildman–Crippen LogP) is 3.29. The smallest absolute Gasteiger partial charge is 0.407 e. The van der Waals surface area contributed by atoms with Crippen molar-refractivity contribution in [2.75, 3.05) is 39.3 Å². The fourth-order valence-corrected chi connectivity index (χ4v) is 4.05. The maximum atomic E-state index is 13.0. The Balaban J connectivity index is 1.44. The molecule has 1 aromatic carbocycles. The summed E-state index contributed by atoms with van der Waals surface area (Å²) >= 11 is 0. The molecule has 7 heteroatoms. The molecule has 0 radical (unpaired) electrons. The van der Waals surface area contributed by atoms with E-state index in [0.717, 1.165) is 39.0 Å². The molecule has 30 heavy (non-hydrogen) atoms. The number of nitrogens with zero attached hydrogens (tertiary/aromatic N) is 2. The van der Waals surface area contributed by atoms with Gasteiger partial charge in [-0.05, 0) is 83.8 Å². The first-order chi connectivity index (χ1) is 14.3. The molecule has 0 bridgehead atoms. The number of amides is 2. The van der Waals surface area contributed by atoms with Crippen LogP contribution in [0.5, 0.6) is 5.75 Å². The highest BCUT2D eigenvalue weighted by Gasteiger charge is 2.31. The third kappa shape index (κ3) is 6.62. The normalized spacial score (nSPS) is 19.7. The van der Waals surface area contributed by atoms with Gasteiger partial charge in [0.1, 0.15) is 18.0 Å². The number of hydrogen-bond acceptors (Lipinski definition) is 5. The largest absolute Gasteiger partial charge is 0.492 e. The standard InChI is InChI=1S/C23H35N3O4/c1-23(2,3)30-22(28)24-12-16-29-20-10-8-18(9-11-20)21(27)26-15-6-7-19(26)17-25-13-4-5-14-25/h8-11,19H,4-7,12-17H2,1-3H3,(H,24,28)/t19-/m0/s1. The molecule has 166 valence electrons. The van der Waals surface area contributed by atoms with Gasteiger partial charge in [-0.1, -0.05) is 0 Å². The van der Waals surface area contributed by atoms with Crippen molar-refractivity contribution < 1.29 is 19.1 Å². The number of carbonyl (C=O) groups is 2. The Labute approximate surface area is 179 Å². The van der Waals surface area contributed by atoms with Crippen molar-refractivity contribution in [3.63, 3.8) is 0 Å². The minimum Gasteiger partial charge on any atom is -0.492 e. The Bertz CT molecular complexity index is 708. The zero-order valence-electron chi connectivity index (χ0n) is 18.5. The zero-order chi connectivity index (χ0) is 21.6. The first-order valence-electron chi connectivity index (χ1n) is 11.0. The number of nitrogens with one attached hydrogen (secondary N) is 1. The first kappa shape index (κ1) is 22.4. The van der Waals surface area contributed by atoms with Crippen LogP contribution >= 0.6 is 0 Å². The molecule has 7 nitrogen and oxygen atoms in total. The second-order valence-corrected chi connectivity index (χ2v) is 9.10. The van der Waals surface area contributed by atoms with Gasteiger partial charge in [-0.2, -0.15) is 0 Å². The summed E-state index contributed by atoms with van der Waals surface area (Å²) in [5.74, 6) is 0.780. The van der Waals surface area contributed by atoms with Gasteiger partial charge < -0.3 is 24.6 Å².